The molecule has 28 heavy (non-hydrogen) atoms. The predicted octanol–water partition coefficient (Wildman–Crippen LogP) is 5.05. The monoisotopic (exact) mass is 424 g/mol. The van der Waals surface area contributed by atoms with Crippen LogP contribution in [0.25, 0.3) is 17.1 Å². The molecule has 4 aromatic rings. The number of halogens is 2. The zero-order valence-corrected chi connectivity index (χ0v) is 16.4. The molecule has 0 saturated heterocycles. The van der Waals surface area contributed by atoms with Gasteiger partial charge in [0.15, 0.2) is 11.5 Å². The van der Waals surface area contributed by atoms with Crippen LogP contribution in [-0.4, -0.2) is 25.0 Å². The maximum atomic E-state index is 8.88. The summed E-state index contributed by atoms with van der Waals surface area (Å²) in [5.74, 6) is 0.656. The van der Waals surface area contributed by atoms with Crippen molar-refractivity contribution in [2.45, 2.75) is 10.2 Å². The minimum Gasteiger partial charge on any atom is -0.270 e. The lowest BCUT2D eigenvalue weighted by Gasteiger charge is -2.10. The molecule has 2 heterocycles. The molecule has 0 atom stereocenters. The summed E-state index contributed by atoms with van der Waals surface area (Å²) in [5.41, 5.74) is 1.97. The maximum Gasteiger partial charge on any atom is 0.202 e. The van der Waals surface area contributed by atoms with Gasteiger partial charge in [0.2, 0.25) is 5.16 Å². The molecule has 6 nitrogen and oxygen atoms in total. The molecule has 4 rings (SSSR count). The van der Waals surface area contributed by atoms with E-state index in [1.54, 1.807) is 36.4 Å². The molecule has 2 aromatic carbocycles. The Balaban J connectivity index is 1.80. The smallest absolute Gasteiger partial charge is 0.202 e. The van der Waals surface area contributed by atoms with E-state index in [2.05, 4.69) is 20.4 Å². The SMILES string of the molecule is N#Cc1ccc(Sc2nnc(-c3ccc(Cl)cc3)n2-c2ccc(Cl)cc2)nn1. The van der Waals surface area contributed by atoms with E-state index in [1.807, 2.05) is 34.9 Å². The lowest BCUT2D eigenvalue weighted by Crippen LogP contribution is -2.00. The van der Waals surface area contributed by atoms with E-state index < -0.39 is 0 Å². The van der Waals surface area contributed by atoms with Gasteiger partial charge in [-0.3, -0.25) is 4.57 Å². The van der Waals surface area contributed by atoms with Crippen molar-refractivity contribution in [3.63, 3.8) is 0 Å². The van der Waals surface area contributed by atoms with Crippen LogP contribution < -0.4 is 0 Å². The standard InChI is InChI=1S/C19H10Cl2N6S/c20-13-3-1-12(2-4-13)18-25-26-19(27(18)16-8-5-14(21)6-9-16)28-17-10-7-15(11-22)23-24-17/h1-10H. The molecule has 0 aliphatic carbocycles. The van der Waals surface area contributed by atoms with Crippen molar-refractivity contribution in [3.8, 4) is 23.1 Å². The van der Waals surface area contributed by atoms with Crippen molar-refractivity contribution in [2.24, 2.45) is 0 Å². The fourth-order valence-corrected chi connectivity index (χ4v) is 3.49. The second-order valence-electron chi connectivity index (χ2n) is 5.60. The van der Waals surface area contributed by atoms with Gasteiger partial charge >= 0.3 is 0 Å². The molecule has 0 aliphatic rings. The van der Waals surface area contributed by atoms with Gasteiger partial charge in [0.05, 0.1) is 0 Å². The van der Waals surface area contributed by atoms with Crippen LogP contribution in [0.3, 0.4) is 0 Å². The highest BCUT2D eigenvalue weighted by molar-refractivity contribution is 7.99. The molecular weight excluding hydrogens is 415 g/mol. The van der Waals surface area contributed by atoms with Gasteiger partial charge in [-0.15, -0.1) is 20.4 Å². The number of aromatic nitrogens is 5. The first-order chi connectivity index (χ1) is 13.6. The lowest BCUT2D eigenvalue weighted by molar-refractivity contribution is 0.868. The van der Waals surface area contributed by atoms with Crippen molar-refractivity contribution in [3.05, 3.63) is 76.4 Å². The van der Waals surface area contributed by atoms with E-state index in [4.69, 9.17) is 28.5 Å². The van der Waals surface area contributed by atoms with Crippen LogP contribution in [-0.2, 0) is 0 Å². The topological polar surface area (TPSA) is 80.3 Å². The Morgan fingerprint density at radius 1 is 0.786 bits per heavy atom. The van der Waals surface area contributed by atoms with E-state index in [0.717, 1.165) is 11.3 Å². The lowest BCUT2D eigenvalue weighted by atomic mass is 10.2. The summed E-state index contributed by atoms with van der Waals surface area (Å²) in [4.78, 5) is 0. The fraction of sp³-hybridized carbons (Fsp3) is 0. The normalized spacial score (nSPS) is 10.6. The highest BCUT2D eigenvalue weighted by Crippen LogP contribution is 2.32. The summed E-state index contributed by atoms with van der Waals surface area (Å²) in [7, 11) is 0. The second kappa shape index (κ2) is 7.98. The summed E-state index contributed by atoms with van der Waals surface area (Å²) in [6, 6.07) is 20.0. The molecule has 0 spiro atoms. The summed E-state index contributed by atoms with van der Waals surface area (Å²) in [6.07, 6.45) is 0. The highest BCUT2D eigenvalue weighted by atomic mass is 35.5. The zero-order valence-electron chi connectivity index (χ0n) is 14.1. The van der Waals surface area contributed by atoms with Crippen molar-refractivity contribution in [1.29, 1.82) is 5.26 Å². The summed E-state index contributed by atoms with van der Waals surface area (Å²) in [6.45, 7) is 0. The third-order valence-electron chi connectivity index (χ3n) is 3.77. The largest absolute Gasteiger partial charge is 0.270 e. The van der Waals surface area contributed by atoms with E-state index >= 15 is 0 Å². The Labute approximate surface area is 174 Å². The number of benzene rings is 2. The number of hydrogen-bond donors (Lipinski definition) is 0. The highest BCUT2D eigenvalue weighted by Gasteiger charge is 2.17. The first-order valence-corrected chi connectivity index (χ1v) is 9.60. The molecular formula is C19H10Cl2N6S. The van der Waals surface area contributed by atoms with Gasteiger partial charge in [-0.2, -0.15) is 5.26 Å². The Hall–Kier alpha value is -2.92. The minimum atomic E-state index is 0.255. The number of nitriles is 1. The molecule has 136 valence electrons. The average molecular weight is 425 g/mol. The number of nitrogens with zero attached hydrogens (tertiary/aromatic N) is 6. The third kappa shape index (κ3) is 3.85. The molecule has 0 N–H and O–H groups in total. The first-order valence-electron chi connectivity index (χ1n) is 8.03. The van der Waals surface area contributed by atoms with Crippen molar-refractivity contribution >= 4 is 35.0 Å². The minimum absolute atomic E-state index is 0.255. The Bertz CT molecular complexity index is 1150. The van der Waals surface area contributed by atoms with Crippen LogP contribution in [0.2, 0.25) is 10.0 Å². The van der Waals surface area contributed by atoms with Gasteiger partial charge in [-0.1, -0.05) is 23.2 Å². The Morgan fingerprint density at radius 3 is 2.07 bits per heavy atom. The summed E-state index contributed by atoms with van der Waals surface area (Å²) in [5, 5.41) is 28.0. The maximum absolute atomic E-state index is 8.88. The van der Waals surface area contributed by atoms with Crippen LogP contribution >= 0.6 is 35.0 Å². The van der Waals surface area contributed by atoms with Gasteiger partial charge in [0, 0.05) is 21.3 Å². The number of rotatable bonds is 4. The molecule has 0 amide bonds. The molecule has 0 unspecified atom stereocenters. The van der Waals surface area contributed by atoms with Crippen molar-refractivity contribution in [1.82, 2.24) is 25.0 Å². The predicted molar refractivity (Wildman–Crippen MR) is 108 cm³/mol. The van der Waals surface area contributed by atoms with Crippen LogP contribution in [0.15, 0.2) is 70.8 Å². The van der Waals surface area contributed by atoms with E-state index in [-0.39, 0.29) is 5.69 Å². The van der Waals surface area contributed by atoms with E-state index in [1.165, 1.54) is 11.8 Å². The quantitative estimate of drug-likeness (QED) is 0.455. The van der Waals surface area contributed by atoms with Crippen molar-refractivity contribution in [2.75, 3.05) is 0 Å². The van der Waals surface area contributed by atoms with Crippen LogP contribution in [0.1, 0.15) is 5.69 Å². The Morgan fingerprint density at radius 2 is 1.46 bits per heavy atom. The molecule has 0 radical (unpaired) electrons. The zero-order chi connectivity index (χ0) is 19.5. The molecule has 0 saturated carbocycles. The molecule has 0 bridgehead atoms. The molecule has 9 heteroatoms. The van der Waals surface area contributed by atoms with Crippen LogP contribution in [0, 0.1) is 11.3 Å². The Kier molecular flexibility index (Phi) is 5.26. The van der Waals surface area contributed by atoms with Crippen molar-refractivity contribution < 1.29 is 0 Å². The molecule has 0 aliphatic heterocycles. The van der Waals surface area contributed by atoms with E-state index in [0.29, 0.717) is 26.1 Å². The average Bonchev–Trinajstić information content (AvgIpc) is 3.13. The second-order valence-corrected chi connectivity index (χ2v) is 7.46. The van der Waals surface area contributed by atoms with E-state index in [9.17, 15) is 0 Å². The van der Waals surface area contributed by atoms with Gasteiger partial charge in [0.1, 0.15) is 11.1 Å². The van der Waals surface area contributed by atoms with Gasteiger partial charge in [0.25, 0.3) is 0 Å². The summed E-state index contributed by atoms with van der Waals surface area (Å²) >= 11 is 13.3. The third-order valence-corrected chi connectivity index (χ3v) is 5.15. The van der Waals surface area contributed by atoms with Gasteiger partial charge < -0.3 is 0 Å². The molecule has 0 fully saturated rings. The van der Waals surface area contributed by atoms with Crippen LogP contribution in [0.4, 0.5) is 0 Å². The summed E-state index contributed by atoms with van der Waals surface area (Å²) < 4.78 is 1.91. The van der Waals surface area contributed by atoms with Gasteiger partial charge in [-0.05, 0) is 72.4 Å². The fourth-order valence-electron chi connectivity index (χ4n) is 2.47. The van der Waals surface area contributed by atoms with Crippen LogP contribution in [0.5, 0.6) is 0 Å². The van der Waals surface area contributed by atoms with Gasteiger partial charge in [-0.25, -0.2) is 0 Å². The first kappa shape index (κ1) is 18.4. The number of hydrogen-bond acceptors (Lipinski definition) is 6. The molecule has 2 aromatic heterocycles.